The molecule has 0 spiro atoms. The van der Waals surface area contributed by atoms with Crippen LogP contribution in [0.25, 0.3) is 39.5 Å². The largest absolute Gasteiger partial charge is 0.496 e. The smallest absolute Gasteiger partial charge is 0.339 e. The number of rotatable bonds is 12. The molecular weight excluding hydrogens is 648 g/mol. The van der Waals surface area contributed by atoms with E-state index in [9.17, 15) is 24.6 Å². The Hall–Kier alpha value is -5.97. The summed E-state index contributed by atoms with van der Waals surface area (Å²) >= 11 is 0. The van der Waals surface area contributed by atoms with Gasteiger partial charge < -0.3 is 43.7 Å². The van der Waals surface area contributed by atoms with Crippen molar-refractivity contribution in [3.63, 3.8) is 0 Å². The standard InChI is InChI=1S/C37H36O11.CH4O/c1-18-33(22-12-21(10-11-38)27(43-4)15-28(22)44-5)19(2)35(24-14-26(37(41)42)32(48-9)17-30(24)46-7)20(3)34(18)23-13-25(36(39)40)31(47-8)16-29(23)45-6;1-2/h10,12-17H,1-9H3,(H,39,40)(H,41,42);2H,1H3. The molecule has 0 atom stereocenters. The van der Waals surface area contributed by atoms with E-state index in [1.807, 2.05) is 26.7 Å². The van der Waals surface area contributed by atoms with E-state index in [1.165, 1.54) is 73.0 Å². The molecule has 4 rings (SSSR count). The van der Waals surface area contributed by atoms with Crippen molar-refractivity contribution in [1.82, 2.24) is 0 Å². The third-order valence-corrected chi connectivity index (χ3v) is 8.33. The molecule has 3 N–H and O–H groups in total. The Balaban J connectivity index is 0.00000332. The van der Waals surface area contributed by atoms with Gasteiger partial charge in [0.05, 0.1) is 42.7 Å². The number of aromatic carboxylic acids is 2. The topological polar surface area (TPSA) is 167 Å². The molecule has 0 amide bonds. The Morgan fingerprint density at radius 2 is 0.820 bits per heavy atom. The van der Waals surface area contributed by atoms with Gasteiger partial charge in [0.15, 0.2) is 0 Å². The molecule has 0 aliphatic rings. The fraction of sp³-hybridized carbons (Fsp3) is 0.263. The summed E-state index contributed by atoms with van der Waals surface area (Å²) in [6.07, 6.45) is 1.25. The van der Waals surface area contributed by atoms with Crippen molar-refractivity contribution < 1.29 is 58.1 Å². The van der Waals surface area contributed by atoms with Crippen LogP contribution < -0.4 is 28.4 Å². The average molecular weight is 689 g/mol. The van der Waals surface area contributed by atoms with E-state index < -0.39 is 11.9 Å². The van der Waals surface area contributed by atoms with E-state index in [2.05, 4.69) is 0 Å². The predicted octanol–water partition coefficient (Wildman–Crippen LogP) is 6.51. The van der Waals surface area contributed by atoms with Crippen LogP contribution in [0.1, 0.15) is 43.0 Å². The van der Waals surface area contributed by atoms with Gasteiger partial charge in [0.25, 0.3) is 0 Å². The summed E-state index contributed by atoms with van der Waals surface area (Å²) in [6.45, 7) is 5.62. The van der Waals surface area contributed by atoms with Crippen molar-refractivity contribution >= 4 is 24.0 Å². The average Bonchev–Trinajstić information content (AvgIpc) is 3.11. The molecule has 264 valence electrons. The van der Waals surface area contributed by atoms with Gasteiger partial charge in [-0.3, -0.25) is 0 Å². The number of aliphatic hydroxyl groups is 1. The van der Waals surface area contributed by atoms with Crippen molar-refractivity contribution in [2.45, 2.75) is 20.8 Å². The molecule has 0 saturated heterocycles. The number of benzene rings is 4. The van der Waals surface area contributed by atoms with Crippen LogP contribution in [0.15, 0.2) is 36.4 Å². The summed E-state index contributed by atoms with van der Waals surface area (Å²) in [5.41, 5.74) is 5.69. The second-order valence-corrected chi connectivity index (χ2v) is 10.7. The molecule has 0 radical (unpaired) electrons. The van der Waals surface area contributed by atoms with Gasteiger partial charge in [-0.2, -0.15) is 0 Å². The van der Waals surface area contributed by atoms with Gasteiger partial charge in [0.1, 0.15) is 51.6 Å². The number of carbonyl (C=O) groups excluding carboxylic acids is 1. The first-order valence-electron chi connectivity index (χ1n) is 15.0. The summed E-state index contributed by atoms with van der Waals surface area (Å²) < 4.78 is 33.6. The second-order valence-electron chi connectivity index (χ2n) is 10.7. The van der Waals surface area contributed by atoms with Crippen LogP contribution in [0.5, 0.6) is 34.5 Å². The molecule has 4 aromatic rings. The van der Waals surface area contributed by atoms with Crippen molar-refractivity contribution in [2.75, 3.05) is 49.8 Å². The lowest BCUT2D eigenvalue weighted by molar-refractivity contribution is 0.0682. The Bertz CT molecular complexity index is 1760. The van der Waals surface area contributed by atoms with E-state index in [0.717, 1.165) is 7.11 Å². The number of ether oxygens (including phenoxy) is 6. The van der Waals surface area contributed by atoms with Gasteiger partial charge in [-0.1, -0.05) is 0 Å². The minimum atomic E-state index is -1.20. The SMILES string of the molecule is CO.COc1cc(OC)c(-c2c(C)c(-c3cc(C(=O)O)c(OC)cc3OC)c(C)c(-c3cc(C(=O)O)c(OC)cc3OC)c2C)cc1C=C=O. The zero-order chi connectivity index (χ0) is 37.4. The maximum atomic E-state index is 12.4. The van der Waals surface area contributed by atoms with Crippen LogP contribution in [0, 0.1) is 20.8 Å². The van der Waals surface area contributed by atoms with Crippen LogP contribution in [0.3, 0.4) is 0 Å². The molecule has 0 heterocycles. The van der Waals surface area contributed by atoms with Crippen LogP contribution in [0.4, 0.5) is 0 Å². The summed E-state index contributed by atoms with van der Waals surface area (Å²) in [5.74, 6) is 1.09. The number of aliphatic hydroxyl groups excluding tert-OH is 1. The lowest BCUT2D eigenvalue weighted by atomic mass is 9.79. The van der Waals surface area contributed by atoms with E-state index in [4.69, 9.17) is 33.5 Å². The zero-order valence-electron chi connectivity index (χ0n) is 29.6. The van der Waals surface area contributed by atoms with Crippen molar-refractivity contribution in [3.05, 3.63) is 69.8 Å². The van der Waals surface area contributed by atoms with Gasteiger partial charge in [-0.15, -0.1) is 0 Å². The van der Waals surface area contributed by atoms with E-state index in [1.54, 1.807) is 12.1 Å². The highest BCUT2D eigenvalue weighted by molar-refractivity contribution is 6.00. The molecule has 0 fully saturated rings. The number of carbonyl (C=O) groups is 2. The molecule has 0 aromatic heterocycles. The molecule has 50 heavy (non-hydrogen) atoms. The first kappa shape index (κ1) is 38.5. The Morgan fingerprint density at radius 1 is 0.520 bits per heavy atom. The van der Waals surface area contributed by atoms with Gasteiger partial charge in [0, 0.05) is 53.6 Å². The van der Waals surface area contributed by atoms with Crippen molar-refractivity contribution in [2.24, 2.45) is 0 Å². The van der Waals surface area contributed by atoms with Crippen LogP contribution in [-0.4, -0.2) is 83.0 Å². The molecule has 12 heteroatoms. The highest BCUT2D eigenvalue weighted by atomic mass is 16.5. The minimum absolute atomic E-state index is 0.0913. The molecule has 0 aliphatic heterocycles. The summed E-state index contributed by atoms with van der Waals surface area (Å²) in [4.78, 5) is 36.3. The number of hydrogen-bond donors (Lipinski definition) is 3. The van der Waals surface area contributed by atoms with Crippen LogP contribution in [-0.2, 0) is 4.79 Å². The maximum Gasteiger partial charge on any atom is 0.339 e. The molecule has 4 aromatic carbocycles. The summed E-state index contributed by atoms with van der Waals surface area (Å²) in [5, 5.41) is 27.2. The second kappa shape index (κ2) is 16.4. The van der Waals surface area contributed by atoms with E-state index in [0.29, 0.717) is 78.6 Å². The molecule has 12 nitrogen and oxygen atoms in total. The summed E-state index contributed by atoms with van der Waals surface area (Å²) in [7, 11) is 9.66. The molecule has 0 unspecified atom stereocenters. The van der Waals surface area contributed by atoms with E-state index in [-0.39, 0.29) is 22.6 Å². The minimum Gasteiger partial charge on any atom is -0.496 e. The van der Waals surface area contributed by atoms with Gasteiger partial charge >= 0.3 is 11.9 Å². The molecular formula is C38H40O12. The molecule has 0 saturated carbocycles. The molecule has 0 aliphatic carbocycles. The third kappa shape index (κ3) is 6.93. The maximum absolute atomic E-state index is 12.4. The lowest BCUT2D eigenvalue weighted by Gasteiger charge is -2.26. The fourth-order valence-corrected chi connectivity index (χ4v) is 6.25. The van der Waals surface area contributed by atoms with Crippen molar-refractivity contribution in [1.29, 1.82) is 0 Å². The monoisotopic (exact) mass is 688 g/mol. The first-order chi connectivity index (χ1) is 23.9. The highest BCUT2D eigenvalue weighted by Crippen LogP contribution is 2.51. The predicted molar refractivity (Wildman–Crippen MR) is 188 cm³/mol. The van der Waals surface area contributed by atoms with E-state index >= 15 is 0 Å². The lowest BCUT2D eigenvalue weighted by Crippen LogP contribution is -2.07. The third-order valence-electron chi connectivity index (χ3n) is 8.33. The van der Waals surface area contributed by atoms with Crippen LogP contribution >= 0.6 is 0 Å². The van der Waals surface area contributed by atoms with Gasteiger partial charge in [0.2, 0.25) is 0 Å². The van der Waals surface area contributed by atoms with Gasteiger partial charge in [-0.05, 0) is 72.4 Å². The van der Waals surface area contributed by atoms with Gasteiger partial charge in [-0.25, -0.2) is 14.4 Å². The number of carboxylic acids is 2. The van der Waals surface area contributed by atoms with Crippen molar-refractivity contribution in [3.8, 4) is 67.9 Å². The Kier molecular flexibility index (Phi) is 12.6. The normalized spacial score (nSPS) is 10.2. The first-order valence-corrected chi connectivity index (χ1v) is 15.0. The van der Waals surface area contributed by atoms with Crippen LogP contribution in [0.2, 0.25) is 0 Å². The molecule has 0 bridgehead atoms. The highest BCUT2D eigenvalue weighted by Gasteiger charge is 2.29. The number of hydrogen-bond acceptors (Lipinski definition) is 10. The number of carboxylic acid groups (broad SMARTS) is 2. The quantitative estimate of drug-likeness (QED) is 0.138. The zero-order valence-corrected chi connectivity index (χ0v) is 29.6. The summed E-state index contributed by atoms with van der Waals surface area (Å²) in [6, 6.07) is 9.38. The Morgan fingerprint density at radius 3 is 1.10 bits per heavy atom. The number of methoxy groups -OCH3 is 6. The fourth-order valence-electron chi connectivity index (χ4n) is 6.25. The Labute approximate surface area is 290 Å².